The van der Waals surface area contributed by atoms with Crippen LogP contribution in [0.15, 0.2) is 24.3 Å². The van der Waals surface area contributed by atoms with E-state index in [9.17, 15) is 4.79 Å². The number of amides is 1. The number of benzene rings is 1. The van der Waals surface area contributed by atoms with Crippen molar-refractivity contribution in [3.05, 3.63) is 29.8 Å². The smallest absolute Gasteiger partial charge is 0.220 e. The van der Waals surface area contributed by atoms with Crippen molar-refractivity contribution in [2.45, 2.75) is 38.6 Å². The predicted octanol–water partition coefficient (Wildman–Crippen LogP) is 2.13. The zero-order valence-electron chi connectivity index (χ0n) is 13.0. The Morgan fingerprint density at radius 1 is 1.52 bits per heavy atom. The summed E-state index contributed by atoms with van der Waals surface area (Å²) in [6.45, 7) is 4.21. The lowest BCUT2D eigenvalue weighted by Gasteiger charge is -2.15. The molecule has 0 aromatic heterocycles. The fourth-order valence-corrected chi connectivity index (χ4v) is 2.85. The zero-order valence-corrected chi connectivity index (χ0v) is 13.0. The molecule has 1 aliphatic rings. The monoisotopic (exact) mass is 290 g/mol. The van der Waals surface area contributed by atoms with Gasteiger partial charge in [-0.25, -0.2) is 0 Å². The van der Waals surface area contributed by atoms with Gasteiger partial charge in [0.05, 0.1) is 7.11 Å². The first-order chi connectivity index (χ1) is 10.2. The topological polar surface area (TPSA) is 50.4 Å². The van der Waals surface area contributed by atoms with Crippen LogP contribution in [0.4, 0.5) is 0 Å². The van der Waals surface area contributed by atoms with Gasteiger partial charge in [0.2, 0.25) is 5.91 Å². The molecule has 0 saturated carbocycles. The Morgan fingerprint density at radius 2 is 2.38 bits per heavy atom. The molecule has 116 valence electrons. The average Bonchev–Trinajstić information content (AvgIpc) is 2.98. The molecule has 1 fully saturated rings. The van der Waals surface area contributed by atoms with Gasteiger partial charge in [-0.2, -0.15) is 0 Å². The van der Waals surface area contributed by atoms with E-state index in [1.807, 2.05) is 18.2 Å². The number of carbonyl (C=O) groups excluding carboxylic acids is 1. The largest absolute Gasteiger partial charge is 0.497 e. The van der Waals surface area contributed by atoms with Crippen molar-refractivity contribution in [3.63, 3.8) is 0 Å². The molecule has 2 unspecified atom stereocenters. The Hall–Kier alpha value is -1.55. The number of hydrogen-bond donors (Lipinski definition) is 2. The Morgan fingerprint density at radius 3 is 3.10 bits per heavy atom. The molecule has 1 saturated heterocycles. The van der Waals surface area contributed by atoms with E-state index in [4.69, 9.17) is 4.74 Å². The fraction of sp³-hybridized carbons (Fsp3) is 0.588. The molecule has 2 atom stereocenters. The maximum absolute atomic E-state index is 12.0. The quantitative estimate of drug-likeness (QED) is 0.809. The standard InChI is InChI=1S/C17H26N2O2/c1-13(10-15-4-3-5-16(11-15)21-2)19-17(20)7-6-14-8-9-18-12-14/h3-5,11,13-14,18H,6-10,12H2,1-2H3,(H,19,20). The minimum atomic E-state index is 0.145. The molecule has 4 nitrogen and oxygen atoms in total. The highest BCUT2D eigenvalue weighted by atomic mass is 16.5. The van der Waals surface area contributed by atoms with Crippen LogP contribution in [0.25, 0.3) is 0 Å². The summed E-state index contributed by atoms with van der Waals surface area (Å²) in [4.78, 5) is 12.0. The lowest BCUT2D eigenvalue weighted by atomic mass is 10.0. The molecule has 0 bridgehead atoms. The molecule has 1 heterocycles. The summed E-state index contributed by atoms with van der Waals surface area (Å²) in [7, 11) is 1.67. The molecular formula is C17H26N2O2. The van der Waals surface area contributed by atoms with Crippen LogP contribution in [0.1, 0.15) is 31.7 Å². The highest BCUT2D eigenvalue weighted by molar-refractivity contribution is 5.76. The zero-order chi connectivity index (χ0) is 15.1. The van der Waals surface area contributed by atoms with E-state index in [2.05, 4.69) is 23.6 Å². The molecule has 2 N–H and O–H groups in total. The van der Waals surface area contributed by atoms with Crippen LogP contribution in [-0.2, 0) is 11.2 Å². The van der Waals surface area contributed by atoms with Crippen molar-refractivity contribution in [1.82, 2.24) is 10.6 Å². The van der Waals surface area contributed by atoms with Gasteiger partial charge in [-0.05, 0) is 62.9 Å². The SMILES string of the molecule is COc1cccc(CC(C)NC(=O)CCC2CCNC2)c1. The maximum atomic E-state index is 12.0. The highest BCUT2D eigenvalue weighted by Crippen LogP contribution is 2.15. The van der Waals surface area contributed by atoms with Crippen molar-refractivity contribution in [2.75, 3.05) is 20.2 Å². The molecule has 0 spiro atoms. The summed E-state index contributed by atoms with van der Waals surface area (Å²) in [6.07, 6.45) is 3.65. The minimum Gasteiger partial charge on any atom is -0.497 e. The third-order valence-electron chi connectivity index (χ3n) is 4.03. The van der Waals surface area contributed by atoms with E-state index in [1.54, 1.807) is 7.11 Å². The predicted molar refractivity (Wildman–Crippen MR) is 84.5 cm³/mol. The third kappa shape index (κ3) is 5.38. The summed E-state index contributed by atoms with van der Waals surface area (Å²) >= 11 is 0. The first kappa shape index (κ1) is 15.8. The van der Waals surface area contributed by atoms with Crippen LogP contribution in [0.5, 0.6) is 5.75 Å². The van der Waals surface area contributed by atoms with Gasteiger partial charge in [-0.15, -0.1) is 0 Å². The number of nitrogens with one attached hydrogen (secondary N) is 2. The van der Waals surface area contributed by atoms with E-state index in [-0.39, 0.29) is 11.9 Å². The second-order valence-electron chi connectivity index (χ2n) is 5.92. The molecule has 21 heavy (non-hydrogen) atoms. The van der Waals surface area contributed by atoms with Crippen molar-refractivity contribution >= 4 is 5.91 Å². The summed E-state index contributed by atoms with van der Waals surface area (Å²) in [5, 5.41) is 6.43. The van der Waals surface area contributed by atoms with Crippen molar-refractivity contribution in [1.29, 1.82) is 0 Å². The van der Waals surface area contributed by atoms with Gasteiger partial charge in [0.25, 0.3) is 0 Å². The Bertz CT molecular complexity index is 456. The molecule has 2 rings (SSSR count). The van der Waals surface area contributed by atoms with Crippen LogP contribution in [0.2, 0.25) is 0 Å². The third-order valence-corrected chi connectivity index (χ3v) is 4.03. The molecule has 4 heteroatoms. The Labute approximate surface area is 127 Å². The molecule has 0 aliphatic carbocycles. The maximum Gasteiger partial charge on any atom is 0.220 e. The summed E-state index contributed by atoms with van der Waals surface area (Å²) in [6, 6.07) is 8.15. The lowest BCUT2D eigenvalue weighted by Crippen LogP contribution is -2.34. The van der Waals surface area contributed by atoms with Crippen molar-refractivity contribution in [2.24, 2.45) is 5.92 Å². The average molecular weight is 290 g/mol. The second kappa shape index (κ2) is 8.03. The van der Waals surface area contributed by atoms with E-state index in [0.717, 1.165) is 31.7 Å². The van der Waals surface area contributed by atoms with Gasteiger partial charge < -0.3 is 15.4 Å². The normalized spacial score (nSPS) is 19.2. The highest BCUT2D eigenvalue weighted by Gasteiger charge is 2.16. The van der Waals surface area contributed by atoms with Crippen LogP contribution in [0, 0.1) is 5.92 Å². The van der Waals surface area contributed by atoms with Crippen molar-refractivity contribution < 1.29 is 9.53 Å². The van der Waals surface area contributed by atoms with Gasteiger partial charge in [-0.1, -0.05) is 12.1 Å². The van der Waals surface area contributed by atoms with E-state index in [1.165, 1.54) is 12.0 Å². The molecule has 0 radical (unpaired) electrons. The molecule has 1 aromatic carbocycles. The number of ether oxygens (including phenoxy) is 1. The van der Waals surface area contributed by atoms with E-state index < -0.39 is 0 Å². The number of carbonyl (C=O) groups is 1. The van der Waals surface area contributed by atoms with Gasteiger partial charge in [0.1, 0.15) is 5.75 Å². The molecule has 1 aliphatic heterocycles. The molecular weight excluding hydrogens is 264 g/mol. The minimum absolute atomic E-state index is 0.145. The Balaban J connectivity index is 1.72. The summed E-state index contributed by atoms with van der Waals surface area (Å²) < 4.78 is 5.22. The molecule has 1 aromatic rings. The lowest BCUT2D eigenvalue weighted by molar-refractivity contribution is -0.121. The summed E-state index contributed by atoms with van der Waals surface area (Å²) in [5.41, 5.74) is 1.18. The van der Waals surface area contributed by atoms with Crippen LogP contribution >= 0.6 is 0 Å². The van der Waals surface area contributed by atoms with Gasteiger partial charge >= 0.3 is 0 Å². The second-order valence-corrected chi connectivity index (χ2v) is 5.92. The number of methoxy groups -OCH3 is 1. The van der Waals surface area contributed by atoms with Crippen molar-refractivity contribution in [3.8, 4) is 5.75 Å². The van der Waals surface area contributed by atoms with Gasteiger partial charge in [0, 0.05) is 12.5 Å². The number of rotatable bonds is 7. The van der Waals surface area contributed by atoms with Crippen LogP contribution in [0.3, 0.4) is 0 Å². The van der Waals surface area contributed by atoms with Gasteiger partial charge in [-0.3, -0.25) is 4.79 Å². The van der Waals surface area contributed by atoms with E-state index in [0.29, 0.717) is 12.3 Å². The Kier molecular flexibility index (Phi) is 6.05. The van der Waals surface area contributed by atoms with E-state index >= 15 is 0 Å². The summed E-state index contributed by atoms with van der Waals surface area (Å²) in [5.74, 6) is 1.70. The van der Waals surface area contributed by atoms with Gasteiger partial charge in [0.15, 0.2) is 0 Å². The fourth-order valence-electron chi connectivity index (χ4n) is 2.85. The first-order valence-electron chi connectivity index (χ1n) is 7.80. The number of hydrogen-bond acceptors (Lipinski definition) is 3. The van der Waals surface area contributed by atoms with Crippen LogP contribution < -0.4 is 15.4 Å². The van der Waals surface area contributed by atoms with Crippen LogP contribution in [-0.4, -0.2) is 32.1 Å². The molecule has 1 amide bonds. The first-order valence-corrected chi connectivity index (χ1v) is 7.80.